The number of hydrogen-bond acceptors (Lipinski definition) is 13. The number of aromatic amines is 1. The number of unbranched alkanes of at least 4 members (excludes halogenated alkanes) is 1. The average Bonchev–Trinajstić information content (AvgIpc) is 4.09. The number of nitrogens with zero attached hydrogens (tertiary/aromatic N) is 5. The Labute approximate surface area is 475 Å². The monoisotopic (exact) mass is 1110 g/mol. The number of aryl methyl sites for hydroxylation is 3. The Morgan fingerprint density at radius 2 is 1.61 bits per heavy atom. The summed E-state index contributed by atoms with van der Waals surface area (Å²) in [6.07, 6.45) is 2.75. The second kappa shape index (κ2) is 26.9. The summed E-state index contributed by atoms with van der Waals surface area (Å²) in [5.41, 5.74) is 11.7. The minimum atomic E-state index is -0.945. The van der Waals surface area contributed by atoms with Crippen molar-refractivity contribution in [3.05, 3.63) is 122 Å². The summed E-state index contributed by atoms with van der Waals surface area (Å²) in [4.78, 5) is 85.1. The third kappa shape index (κ3) is 14.7. The molecule has 17 nitrogen and oxygen atoms in total. The van der Waals surface area contributed by atoms with Crippen LogP contribution in [0.3, 0.4) is 0 Å². The van der Waals surface area contributed by atoms with Gasteiger partial charge in [0.1, 0.15) is 18.7 Å². The normalized spacial score (nSPS) is 18.0. The Balaban J connectivity index is 0.791. The fourth-order valence-electron chi connectivity index (χ4n) is 11.4. The minimum absolute atomic E-state index is 0.00591. The number of rotatable bonds is 21. The number of H-pyrrole nitrogens is 1. The van der Waals surface area contributed by atoms with Crippen molar-refractivity contribution in [3.8, 4) is 21.6 Å². The summed E-state index contributed by atoms with van der Waals surface area (Å²) in [5, 5.41) is 19.7. The topological polar surface area (TPSA) is 202 Å². The molecule has 3 fully saturated rings. The van der Waals surface area contributed by atoms with E-state index in [1.807, 2.05) is 97.3 Å². The van der Waals surface area contributed by atoms with Crippen molar-refractivity contribution in [3.63, 3.8) is 0 Å². The number of carbonyl (C=O) groups is 4. The molecule has 5 heterocycles. The first kappa shape index (κ1) is 59.7. The van der Waals surface area contributed by atoms with Crippen molar-refractivity contribution in [1.29, 1.82) is 0 Å². The molecule has 0 bridgehead atoms. The molecule has 3 saturated heterocycles. The van der Waals surface area contributed by atoms with E-state index < -0.39 is 35.4 Å². The zero-order chi connectivity index (χ0) is 57.3. The Kier molecular flexibility index (Phi) is 20.1. The summed E-state index contributed by atoms with van der Waals surface area (Å²) < 4.78 is 11.5. The van der Waals surface area contributed by atoms with Gasteiger partial charge < -0.3 is 50.2 Å². The number of aliphatic hydroxyl groups excluding tert-OH is 1. The molecule has 0 radical (unpaired) electrons. The molecule has 5 N–H and O–H groups in total. The Morgan fingerprint density at radius 1 is 0.912 bits per heavy atom. The maximum Gasteiger partial charge on any atom is 0.253 e. The van der Waals surface area contributed by atoms with Crippen LogP contribution >= 0.6 is 11.3 Å². The molecular weight excluding hydrogens is 1030 g/mol. The number of hydrogen-bond donors (Lipinski definition) is 5. The summed E-state index contributed by atoms with van der Waals surface area (Å²) in [7, 11) is 0. The van der Waals surface area contributed by atoms with Gasteiger partial charge in [-0.2, -0.15) is 0 Å². The van der Waals surface area contributed by atoms with E-state index in [-0.39, 0.29) is 49.5 Å². The molecule has 2 aromatic heterocycles. The molecule has 1 unspecified atom stereocenters. The van der Waals surface area contributed by atoms with Crippen LogP contribution in [0.1, 0.15) is 117 Å². The molecule has 80 heavy (non-hydrogen) atoms. The van der Waals surface area contributed by atoms with Crippen molar-refractivity contribution in [1.82, 2.24) is 35.7 Å². The van der Waals surface area contributed by atoms with Crippen LogP contribution in [0.2, 0.25) is 0 Å². The van der Waals surface area contributed by atoms with E-state index in [0.29, 0.717) is 37.0 Å². The molecule has 0 saturated carbocycles. The van der Waals surface area contributed by atoms with Crippen LogP contribution in [0.15, 0.2) is 77.0 Å². The third-order valence-corrected chi connectivity index (χ3v) is 17.0. The highest BCUT2D eigenvalue weighted by molar-refractivity contribution is 7.13. The van der Waals surface area contributed by atoms with Gasteiger partial charge in [0, 0.05) is 106 Å². The van der Waals surface area contributed by atoms with Gasteiger partial charge in [-0.15, -0.1) is 11.3 Å². The highest BCUT2D eigenvalue weighted by Crippen LogP contribution is 2.36. The van der Waals surface area contributed by atoms with Crippen LogP contribution < -0.4 is 31.3 Å². The van der Waals surface area contributed by atoms with Gasteiger partial charge in [-0.3, -0.25) is 28.9 Å². The highest BCUT2D eigenvalue weighted by Gasteiger charge is 2.45. The zero-order valence-corrected chi connectivity index (χ0v) is 49.1. The zero-order valence-electron chi connectivity index (χ0n) is 48.3. The first-order chi connectivity index (χ1) is 38.3. The van der Waals surface area contributed by atoms with E-state index in [2.05, 4.69) is 77.9 Å². The molecule has 3 aliphatic heterocycles. The first-order valence-electron chi connectivity index (χ1n) is 28.5. The molecule has 3 aromatic carbocycles. The van der Waals surface area contributed by atoms with E-state index in [9.17, 15) is 29.1 Å². The first-order valence-corrected chi connectivity index (χ1v) is 29.4. The molecule has 0 spiro atoms. The second-order valence-electron chi connectivity index (χ2n) is 22.9. The number of amides is 4. The van der Waals surface area contributed by atoms with Crippen LogP contribution in [-0.2, 0) is 30.4 Å². The van der Waals surface area contributed by atoms with Crippen molar-refractivity contribution in [2.75, 3.05) is 82.0 Å². The Hall–Kier alpha value is -6.44. The molecule has 4 amide bonds. The van der Waals surface area contributed by atoms with E-state index in [0.717, 1.165) is 126 Å². The third-order valence-electron chi connectivity index (χ3n) is 16.1. The van der Waals surface area contributed by atoms with Crippen LogP contribution in [0.4, 0.5) is 11.4 Å². The predicted octanol–water partition coefficient (Wildman–Crippen LogP) is 7.62. The number of piperazine rings is 1. The lowest BCUT2D eigenvalue weighted by Crippen LogP contribution is -2.58. The van der Waals surface area contributed by atoms with Crippen molar-refractivity contribution < 1.29 is 33.8 Å². The van der Waals surface area contributed by atoms with Crippen LogP contribution in [0.5, 0.6) is 0 Å². The molecule has 5 aromatic rings. The number of ether oxygens (including phenoxy) is 2. The number of aromatic nitrogens is 2. The molecule has 18 heteroatoms. The van der Waals surface area contributed by atoms with Gasteiger partial charge in [0.05, 0.1) is 28.2 Å². The van der Waals surface area contributed by atoms with Gasteiger partial charge >= 0.3 is 0 Å². The van der Waals surface area contributed by atoms with Crippen molar-refractivity contribution in [2.24, 2.45) is 5.41 Å². The van der Waals surface area contributed by atoms with Gasteiger partial charge in [0.2, 0.25) is 17.7 Å². The lowest BCUT2D eigenvalue weighted by atomic mass is 9.85. The number of anilines is 2. The predicted molar refractivity (Wildman–Crippen MR) is 316 cm³/mol. The molecule has 4 atom stereocenters. The summed E-state index contributed by atoms with van der Waals surface area (Å²) in [5.74, 6) is -1.41. The van der Waals surface area contributed by atoms with Gasteiger partial charge in [0.15, 0.2) is 0 Å². The number of thiazole rings is 1. The van der Waals surface area contributed by atoms with Crippen molar-refractivity contribution >= 4 is 46.3 Å². The van der Waals surface area contributed by atoms with E-state index >= 15 is 0 Å². The van der Waals surface area contributed by atoms with Crippen LogP contribution in [-0.4, -0.2) is 145 Å². The summed E-state index contributed by atoms with van der Waals surface area (Å²) >= 11 is 1.58. The number of likely N-dealkylation sites (tertiary alicyclic amines) is 1. The van der Waals surface area contributed by atoms with E-state index in [1.165, 1.54) is 4.90 Å². The lowest BCUT2D eigenvalue weighted by Gasteiger charge is -2.37. The second-order valence-corrected chi connectivity index (χ2v) is 23.8. The number of benzene rings is 3. The maximum absolute atomic E-state index is 14.2. The minimum Gasteiger partial charge on any atom is -0.391 e. The Bertz CT molecular complexity index is 2990. The van der Waals surface area contributed by atoms with Gasteiger partial charge in [-0.05, 0) is 143 Å². The molecule has 430 valence electrons. The van der Waals surface area contributed by atoms with Crippen molar-refractivity contribution in [2.45, 2.75) is 131 Å². The number of nitrogens with one attached hydrogen (secondary N) is 4. The van der Waals surface area contributed by atoms with Crippen LogP contribution in [0, 0.1) is 33.1 Å². The lowest BCUT2D eigenvalue weighted by molar-refractivity contribution is -0.144. The van der Waals surface area contributed by atoms with Gasteiger partial charge in [-0.25, -0.2) is 4.98 Å². The molecular formula is C62H83N9O8S. The summed E-state index contributed by atoms with van der Waals surface area (Å²) in [6, 6.07) is 20.8. The standard InChI is InChI=1S/C62H83N9O8S/c1-10-70(49-21-29-78-30-22-49)53-33-47(32-51(41(53)4)58(74)63-35-52-39(2)31-40(3)65-59(52)75)45-17-19-48(20-18-45)69-26-24-68(25-27-69)23-11-12-28-79-37-55(73)67-57(62(7,8)9)61(77)71-36-50(72)34-54(71)60(76)66-42(5)44-13-15-46(16-14-44)56-43(6)64-38-80-56/h13-20,31-33,38,42,49-50,54,57,72H,10-12,21-30,34-37H2,1-9H3,(H,63,74)(H,65,75)(H,66,76)(H,67,73)/t42-,50+,54-,57?/m0/s1. The Morgan fingerprint density at radius 3 is 2.26 bits per heavy atom. The highest BCUT2D eigenvalue weighted by atomic mass is 32.1. The quantitative estimate of drug-likeness (QED) is 0.0451. The summed E-state index contributed by atoms with van der Waals surface area (Å²) in [6.45, 7) is 24.4. The molecule has 8 rings (SSSR count). The van der Waals surface area contributed by atoms with E-state index in [1.54, 1.807) is 11.3 Å². The van der Waals surface area contributed by atoms with Crippen LogP contribution in [0.25, 0.3) is 21.6 Å². The smallest absolute Gasteiger partial charge is 0.253 e. The molecule has 3 aliphatic rings. The largest absolute Gasteiger partial charge is 0.391 e. The molecule has 0 aliphatic carbocycles. The maximum atomic E-state index is 14.2. The number of β-amino-alcohol motifs (C(OH)–C–C–N with tert-alkyl or cyclic N) is 1. The fraction of sp³-hybridized carbons (Fsp3) is 0.516. The van der Waals surface area contributed by atoms with Gasteiger partial charge in [-0.1, -0.05) is 57.2 Å². The fourth-order valence-corrected chi connectivity index (χ4v) is 12.2. The SMILES string of the molecule is CCN(c1cc(-c2ccc(N3CCN(CCCCOCC(=O)NC(C(=O)N4C[C@H](O)C[C@H]4C(=O)N[C@@H](C)c4ccc(-c5scnc5C)cc4)C(C)(C)C)CC3)cc2)cc(C(=O)NCc2c(C)cc(C)[nH]c2=O)c1C)C1CCOCC1. The van der Waals surface area contributed by atoms with E-state index in [4.69, 9.17) is 9.47 Å². The number of pyridine rings is 1. The average molecular weight is 1110 g/mol. The number of carbonyl (C=O) groups excluding carboxylic acids is 4. The number of aliphatic hydroxyl groups is 1. The van der Waals surface area contributed by atoms with Gasteiger partial charge in [0.25, 0.3) is 11.5 Å².